The number of carbonyl (C=O) groups excluding carboxylic acids is 1. The molecule has 0 saturated heterocycles. The molecule has 19 heavy (non-hydrogen) atoms. The Morgan fingerprint density at radius 3 is 2.58 bits per heavy atom. The molecule has 0 aromatic heterocycles. The van der Waals surface area contributed by atoms with Gasteiger partial charge in [0.15, 0.2) is 0 Å². The number of rotatable bonds is 7. The lowest BCUT2D eigenvalue weighted by Crippen LogP contribution is -2.05. The van der Waals surface area contributed by atoms with Gasteiger partial charge in [0.05, 0.1) is 6.61 Å². The topological polar surface area (TPSA) is 26.3 Å². The van der Waals surface area contributed by atoms with Crippen molar-refractivity contribution in [3.63, 3.8) is 0 Å². The molecule has 0 fully saturated rings. The van der Waals surface area contributed by atoms with Gasteiger partial charge in [-0.15, -0.1) is 0 Å². The van der Waals surface area contributed by atoms with Crippen LogP contribution in [0.3, 0.4) is 0 Å². The predicted molar refractivity (Wildman–Crippen MR) is 79.9 cm³/mol. The molecule has 0 bridgehead atoms. The van der Waals surface area contributed by atoms with Crippen LogP contribution in [0.15, 0.2) is 30.3 Å². The van der Waals surface area contributed by atoms with Crippen molar-refractivity contribution in [3.05, 3.63) is 41.5 Å². The molecular formula is C17H24O2. The fourth-order valence-electron chi connectivity index (χ4n) is 1.83. The number of allylic oxidation sites excluding steroid dienone is 1. The van der Waals surface area contributed by atoms with Crippen molar-refractivity contribution in [2.24, 2.45) is 5.92 Å². The monoisotopic (exact) mass is 260 g/mol. The molecule has 1 aromatic carbocycles. The molecule has 0 aliphatic rings. The first kappa shape index (κ1) is 15.5. The predicted octanol–water partition coefficient (Wildman–Crippen LogP) is 4.38. The van der Waals surface area contributed by atoms with E-state index in [1.54, 1.807) is 0 Å². The first-order valence-electron chi connectivity index (χ1n) is 6.94. The van der Waals surface area contributed by atoms with E-state index in [0.29, 0.717) is 12.5 Å². The van der Waals surface area contributed by atoms with E-state index in [9.17, 15) is 4.79 Å². The van der Waals surface area contributed by atoms with E-state index < -0.39 is 0 Å². The normalized spacial score (nSPS) is 12.6. The van der Waals surface area contributed by atoms with E-state index in [1.165, 1.54) is 18.1 Å². The molecule has 1 unspecified atom stereocenters. The molecule has 0 amide bonds. The van der Waals surface area contributed by atoms with Gasteiger partial charge in [0.1, 0.15) is 0 Å². The van der Waals surface area contributed by atoms with E-state index in [1.807, 2.05) is 0 Å². The summed E-state index contributed by atoms with van der Waals surface area (Å²) in [7, 11) is 0. The Balaban J connectivity index is 2.18. The summed E-state index contributed by atoms with van der Waals surface area (Å²) < 4.78 is 4.94. The lowest BCUT2D eigenvalue weighted by molar-refractivity contribution is -0.141. The average molecular weight is 260 g/mol. The summed E-state index contributed by atoms with van der Waals surface area (Å²) in [6.45, 7) is 6.29. The fraction of sp³-hybridized carbons (Fsp3) is 0.471. The second kappa shape index (κ2) is 8.52. The molecule has 0 N–H and O–H groups in total. The van der Waals surface area contributed by atoms with E-state index >= 15 is 0 Å². The standard InChI is InChI=1S/C17H24O2/c1-14(12-13-19-16(3)18)6-4-5-7-17-10-8-15(2)9-11-17/h5,7-11,14H,4,6,12-13H2,1-3H3/b7-5+. The summed E-state index contributed by atoms with van der Waals surface area (Å²) in [5.74, 6) is 0.397. The van der Waals surface area contributed by atoms with Crippen LogP contribution in [0, 0.1) is 12.8 Å². The van der Waals surface area contributed by atoms with Crippen molar-refractivity contribution >= 4 is 12.0 Å². The zero-order valence-electron chi connectivity index (χ0n) is 12.2. The number of ether oxygens (including phenoxy) is 1. The molecule has 1 aromatic rings. The van der Waals surface area contributed by atoms with E-state index in [-0.39, 0.29) is 5.97 Å². The van der Waals surface area contributed by atoms with Crippen LogP contribution in [0.4, 0.5) is 0 Å². The first-order valence-corrected chi connectivity index (χ1v) is 6.94. The number of carbonyl (C=O) groups is 1. The van der Waals surface area contributed by atoms with Gasteiger partial charge in [-0.05, 0) is 37.7 Å². The quantitative estimate of drug-likeness (QED) is 0.680. The highest BCUT2D eigenvalue weighted by Crippen LogP contribution is 2.12. The van der Waals surface area contributed by atoms with Crippen molar-refractivity contribution in [3.8, 4) is 0 Å². The Morgan fingerprint density at radius 1 is 1.26 bits per heavy atom. The van der Waals surface area contributed by atoms with Crippen LogP contribution in [0.5, 0.6) is 0 Å². The lowest BCUT2D eigenvalue weighted by Gasteiger charge is -2.09. The van der Waals surface area contributed by atoms with Gasteiger partial charge in [-0.1, -0.05) is 48.9 Å². The minimum atomic E-state index is -0.188. The number of esters is 1. The van der Waals surface area contributed by atoms with Gasteiger partial charge in [-0.2, -0.15) is 0 Å². The van der Waals surface area contributed by atoms with Gasteiger partial charge < -0.3 is 4.74 Å². The summed E-state index contributed by atoms with van der Waals surface area (Å²) in [6.07, 6.45) is 7.52. The second-order valence-electron chi connectivity index (χ2n) is 5.12. The minimum absolute atomic E-state index is 0.188. The summed E-state index contributed by atoms with van der Waals surface area (Å²) >= 11 is 0. The SMILES string of the molecule is CC(=O)OCCC(C)CC/C=C/c1ccc(C)cc1. The molecule has 2 nitrogen and oxygen atoms in total. The molecule has 1 rings (SSSR count). The van der Waals surface area contributed by atoms with Crippen molar-refractivity contribution in [2.75, 3.05) is 6.61 Å². The molecule has 104 valence electrons. The number of benzene rings is 1. The molecule has 0 heterocycles. The maximum absolute atomic E-state index is 10.6. The Kier molecular flexibility index (Phi) is 6.94. The average Bonchev–Trinajstić information content (AvgIpc) is 2.36. The summed E-state index contributed by atoms with van der Waals surface area (Å²) in [5, 5.41) is 0. The van der Waals surface area contributed by atoms with Gasteiger partial charge in [0.2, 0.25) is 0 Å². The highest BCUT2D eigenvalue weighted by atomic mass is 16.5. The van der Waals surface area contributed by atoms with Crippen LogP contribution in [0.1, 0.15) is 44.2 Å². The van der Waals surface area contributed by atoms with Gasteiger partial charge >= 0.3 is 5.97 Å². The Hall–Kier alpha value is -1.57. The maximum atomic E-state index is 10.6. The number of hydrogen-bond acceptors (Lipinski definition) is 2. The summed E-state index contributed by atoms with van der Waals surface area (Å²) in [6, 6.07) is 8.52. The molecule has 0 spiro atoms. The zero-order chi connectivity index (χ0) is 14.1. The zero-order valence-corrected chi connectivity index (χ0v) is 12.2. The van der Waals surface area contributed by atoms with Gasteiger partial charge in [0, 0.05) is 6.92 Å². The Morgan fingerprint density at radius 2 is 1.95 bits per heavy atom. The Labute approximate surface area is 116 Å². The van der Waals surface area contributed by atoms with Crippen molar-refractivity contribution < 1.29 is 9.53 Å². The molecule has 0 saturated carbocycles. The number of aryl methyl sites for hydroxylation is 1. The van der Waals surface area contributed by atoms with Gasteiger partial charge in [-0.3, -0.25) is 4.79 Å². The van der Waals surface area contributed by atoms with Crippen LogP contribution >= 0.6 is 0 Å². The minimum Gasteiger partial charge on any atom is -0.466 e. The molecule has 1 atom stereocenters. The third-order valence-corrected chi connectivity index (χ3v) is 3.13. The van der Waals surface area contributed by atoms with Crippen LogP contribution < -0.4 is 0 Å². The van der Waals surface area contributed by atoms with Crippen LogP contribution in [-0.2, 0) is 9.53 Å². The van der Waals surface area contributed by atoms with Crippen LogP contribution in [0.25, 0.3) is 6.08 Å². The largest absolute Gasteiger partial charge is 0.466 e. The number of hydrogen-bond donors (Lipinski definition) is 0. The van der Waals surface area contributed by atoms with Crippen molar-refractivity contribution in [1.82, 2.24) is 0 Å². The maximum Gasteiger partial charge on any atom is 0.302 e. The Bertz CT molecular complexity index is 404. The smallest absolute Gasteiger partial charge is 0.302 e. The summed E-state index contributed by atoms with van der Waals surface area (Å²) in [4.78, 5) is 10.6. The second-order valence-corrected chi connectivity index (χ2v) is 5.12. The molecule has 0 aliphatic heterocycles. The highest BCUT2D eigenvalue weighted by Gasteiger charge is 2.02. The third-order valence-electron chi connectivity index (χ3n) is 3.13. The van der Waals surface area contributed by atoms with E-state index in [0.717, 1.165) is 19.3 Å². The molecule has 0 radical (unpaired) electrons. The highest BCUT2D eigenvalue weighted by molar-refractivity contribution is 5.65. The van der Waals surface area contributed by atoms with E-state index in [2.05, 4.69) is 50.3 Å². The molecule has 0 aliphatic carbocycles. The molecule has 2 heteroatoms. The summed E-state index contributed by atoms with van der Waals surface area (Å²) in [5.41, 5.74) is 2.54. The van der Waals surface area contributed by atoms with Crippen molar-refractivity contribution in [1.29, 1.82) is 0 Å². The van der Waals surface area contributed by atoms with Crippen LogP contribution in [0.2, 0.25) is 0 Å². The first-order chi connectivity index (χ1) is 9.08. The fourth-order valence-corrected chi connectivity index (χ4v) is 1.83. The van der Waals surface area contributed by atoms with Crippen molar-refractivity contribution in [2.45, 2.75) is 40.0 Å². The van der Waals surface area contributed by atoms with Gasteiger partial charge in [-0.25, -0.2) is 0 Å². The third kappa shape index (κ3) is 7.45. The van der Waals surface area contributed by atoms with E-state index in [4.69, 9.17) is 4.74 Å². The van der Waals surface area contributed by atoms with Gasteiger partial charge in [0.25, 0.3) is 0 Å². The van der Waals surface area contributed by atoms with Crippen LogP contribution in [-0.4, -0.2) is 12.6 Å². The lowest BCUT2D eigenvalue weighted by atomic mass is 10.0. The molecular weight excluding hydrogens is 236 g/mol.